The Kier molecular flexibility index (Phi) is 6.49. The fourth-order valence-corrected chi connectivity index (χ4v) is 2.84. The number of ether oxygens (including phenoxy) is 1. The van der Waals surface area contributed by atoms with E-state index in [1.807, 2.05) is 12.1 Å². The third-order valence-corrected chi connectivity index (χ3v) is 4.13. The van der Waals surface area contributed by atoms with Gasteiger partial charge >= 0.3 is 5.97 Å². The highest BCUT2D eigenvalue weighted by Gasteiger charge is 2.16. The molecule has 0 unspecified atom stereocenters. The summed E-state index contributed by atoms with van der Waals surface area (Å²) in [6.45, 7) is 1.36. The van der Waals surface area contributed by atoms with E-state index in [0.717, 1.165) is 5.56 Å². The number of benzene rings is 2. The molecule has 0 saturated heterocycles. The molecule has 4 nitrogen and oxygen atoms in total. The van der Waals surface area contributed by atoms with Crippen LogP contribution < -0.4 is 5.32 Å². The molecule has 0 fully saturated rings. The third kappa shape index (κ3) is 4.87. The molecule has 0 aliphatic rings. The second-order valence-electron chi connectivity index (χ2n) is 5.01. The molecule has 0 saturated carbocycles. The fourth-order valence-electron chi connectivity index (χ4n) is 2.05. The van der Waals surface area contributed by atoms with Crippen LogP contribution in [0.2, 0.25) is 15.1 Å². The molecule has 2 aromatic rings. The van der Waals surface area contributed by atoms with Gasteiger partial charge in [-0.3, -0.25) is 4.79 Å². The van der Waals surface area contributed by atoms with E-state index in [-0.39, 0.29) is 16.6 Å². The molecule has 0 bridgehead atoms. The number of nitrogens with one attached hydrogen (secondary N) is 1. The number of hydrogen-bond donors (Lipinski definition) is 1. The number of rotatable bonds is 5. The van der Waals surface area contributed by atoms with Crippen molar-refractivity contribution in [1.29, 1.82) is 0 Å². The van der Waals surface area contributed by atoms with Crippen LogP contribution in [-0.2, 0) is 9.53 Å². The minimum atomic E-state index is -0.697. The van der Waals surface area contributed by atoms with Crippen molar-refractivity contribution in [3.8, 4) is 0 Å². The molecular weight excluding hydrogens is 373 g/mol. The van der Waals surface area contributed by atoms with Crippen LogP contribution in [0.3, 0.4) is 0 Å². The number of amides is 1. The predicted octanol–water partition coefficient (Wildman–Crippen LogP) is 4.68. The van der Waals surface area contributed by atoms with Crippen molar-refractivity contribution < 1.29 is 14.3 Å². The first-order valence-electron chi connectivity index (χ1n) is 7.04. The van der Waals surface area contributed by atoms with E-state index < -0.39 is 18.5 Å². The summed E-state index contributed by atoms with van der Waals surface area (Å²) in [5, 5.41) is 3.83. The molecule has 1 atom stereocenters. The van der Waals surface area contributed by atoms with Gasteiger partial charge in [-0.15, -0.1) is 0 Å². The van der Waals surface area contributed by atoms with Crippen molar-refractivity contribution in [2.75, 3.05) is 6.61 Å². The van der Waals surface area contributed by atoms with Crippen molar-refractivity contribution in [1.82, 2.24) is 5.32 Å². The van der Waals surface area contributed by atoms with Crippen LogP contribution in [0.5, 0.6) is 0 Å². The smallest absolute Gasteiger partial charge is 0.340 e. The number of carbonyl (C=O) groups is 2. The number of hydrogen-bond acceptors (Lipinski definition) is 3. The van der Waals surface area contributed by atoms with Gasteiger partial charge in [-0.1, -0.05) is 53.0 Å². The van der Waals surface area contributed by atoms with Crippen LogP contribution >= 0.6 is 34.8 Å². The first-order valence-corrected chi connectivity index (χ1v) is 8.18. The minimum Gasteiger partial charge on any atom is -0.452 e. The lowest BCUT2D eigenvalue weighted by molar-refractivity contribution is -0.124. The molecule has 0 aliphatic heterocycles. The number of carbonyl (C=O) groups excluding carboxylic acids is 2. The van der Waals surface area contributed by atoms with E-state index in [1.165, 1.54) is 18.2 Å². The first kappa shape index (κ1) is 18.6. The summed E-state index contributed by atoms with van der Waals surface area (Å²) >= 11 is 17.8. The third-order valence-electron chi connectivity index (χ3n) is 3.23. The van der Waals surface area contributed by atoms with E-state index in [2.05, 4.69) is 5.32 Å². The van der Waals surface area contributed by atoms with Gasteiger partial charge in [0.15, 0.2) is 6.61 Å². The molecule has 1 N–H and O–H groups in total. The first-order chi connectivity index (χ1) is 11.4. The molecule has 1 amide bonds. The lowest BCUT2D eigenvalue weighted by Crippen LogP contribution is -2.31. The standard InChI is InChI=1S/C17H14Cl3NO3/c1-10(12-4-2-3-5-14(12)19)21-16(22)9-24-17(23)13-7-6-11(18)8-15(13)20/h2-8,10H,9H2,1H3,(H,21,22)/t10-/m1/s1. The monoisotopic (exact) mass is 385 g/mol. The van der Waals surface area contributed by atoms with Gasteiger partial charge in [0.05, 0.1) is 16.6 Å². The predicted molar refractivity (Wildman–Crippen MR) is 94.8 cm³/mol. The van der Waals surface area contributed by atoms with Crippen molar-refractivity contribution in [2.24, 2.45) is 0 Å². The topological polar surface area (TPSA) is 55.4 Å². The molecule has 7 heteroatoms. The van der Waals surface area contributed by atoms with E-state index in [9.17, 15) is 9.59 Å². The van der Waals surface area contributed by atoms with Crippen LogP contribution in [0, 0.1) is 0 Å². The fraction of sp³-hybridized carbons (Fsp3) is 0.176. The van der Waals surface area contributed by atoms with E-state index in [4.69, 9.17) is 39.5 Å². The molecule has 0 radical (unpaired) electrons. The number of esters is 1. The van der Waals surface area contributed by atoms with Crippen LogP contribution in [-0.4, -0.2) is 18.5 Å². The molecule has 0 spiro atoms. The highest BCUT2D eigenvalue weighted by atomic mass is 35.5. The Morgan fingerprint density at radius 3 is 2.46 bits per heavy atom. The Bertz CT molecular complexity index is 764. The van der Waals surface area contributed by atoms with E-state index in [0.29, 0.717) is 10.0 Å². The summed E-state index contributed by atoms with van der Waals surface area (Å²) in [6.07, 6.45) is 0. The average molecular weight is 387 g/mol. The maximum atomic E-state index is 11.9. The summed E-state index contributed by atoms with van der Waals surface area (Å²) < 4.78 is 4.97. The summed E-state index contributed by atoms with van der Waals surface area (Å²) in [7, 11) is 0. The van der Waals surface area contributed by atoms with Crippen molar-refractivity contribution >= 4 is 46.7 Å². The minimum absolute atomic E-state index is 0.146. The summed E-state index contributed by atoms with van der Waals surface area (Å²) in [5.41, 5.74) is 0.924. The van der Waals surface area contributed by atoms with Crippen molar-refractivity contribution in [3.05, 3.63) is 68.7 Å². The second kappa shape index (κ2) is 8.38. The Morgan fingerprint density at radius 1 is 1.08 bits per heavy atom. The molecule has 0 aliphatic carbocycles. The maximum Gasteiger partial charge on any atom is 0.340 e. The van der Waals surface area contributed by atoms with Crippen LogP contribution in [0.4, 0.5) is 0 Å². The van der Waals surface area contributed by atoms with Gasteiger partial charge in [-0.2, -0.15) is 0 Å². The van der Waals surface area contributed by atoms with Crippen LogP contribution in [0.25, 0.3) is 0 Å². The molecule has 0 heterocycles. The zero-order valence-corrected chi connectivity index (χ0v) is 15.0. The largest absolute Gasteiger partial charge is 0.452 e. The van der Waals surface area contributed by atoms with Gasteiger partial charge in [0.25, 0.3) is 5.91 Å². The normalized spacial score (nSPS) is 11.7. The molecule has 24 heavy (non-hydrogen) atoms. The second-order valence-corrected chi connectivity index (χ2v) is 6.26. The van der Waals surface area contributed by atoms with Gasteiger partial charge in [0.2, 0.25) is 0 Å². The maximum absolute atomic E-state index is 11.9. The van der Waals surface area contributed by atoms with E-state index >= 15 is 0 Å². The van der Waals surface area contributed by atoms with Gasteiger partial charge in [0.1, 0.15) is 0 Å². The highest BCUT2D eigenvalue weighted by molar-refractivity contribution is 6.36. The summed E-state index contributed by atoms with van der Waals surface area (Å²) in [5.74, 6) is -1.14. The quantitative estimate of drug-likeness (QED) is 0.759. The lowest BCUT2D eigenvalue weighted by Gasteiger charge is -2.15. The van der Waals surface area contributed by atoms with Crippen LogP contribution in [0.1, 0.15) is 28.9 Å². The Balaban J connectivity index is 1.91. The lowest BCUT2D eigenvalue weighted by atomic mass is 10.1. The SMILES string of the molecule is C[C@@H](NC(=O)COC(=O)c1ccc(Cl)cc1Cl)c1ccccc1Cl. The van der Waals surface area contributed by atoms with Gasteiger partial charge in [0, 0.05) is 10.0 Å². The molecule has 0 aromatic heterocycles. The van der Waals surface area contributed by atoms with Gasteiger partial charge in [-0.05, 0) is 36.8 Å². The zero-order valence-electron chi connectivity index (χ0n) is 12.7. The zero-order chi connectivity index (χ0) is 17.7. The van der Waals surface area contributed by atoms with E-state index in [1.54, 1.807) is 19.1 Å². The molecule has 126 valence electrons. The molecule has 2 aromatic carbocycles. The molecular formula is C17H14Cl3NO3. The number of halogens is 3. The Labute approximate surface area is 154 Å². The van der Waals surface area contributed by atoms with Crippen molar-refractivity contribution in [3.63, 3.8) is 0 Å². The summed E-state index contributed by atoms with van der Waals surface area (Å²) in [4.78, 5) is 23.9. The van der Waals surface area contributed by atoms with Gasteiger partial charge in [-0.25, -0.2) is 4.79 Å². The van der Waals surface area contributed by atoms with Crippen molar-refractivity contribution in [2.45, 2.75) is 13.0 Å². The highest BCUT2D eigenvalue weighted by Crippen LogP contribution is 2.23. The molecule has 2 rings (SSSR count). The average Bonchev–Trinajstić information content (AvgIpc) is 2.53. The summed E-state index contributed by atoms with van der Waals surface area (Å²) in [6, 6.07) is 11.3. The van der Waals surface area contributed by atoms with Crippen LogP contribution in [0.15, 0.2) is 42.5 Å². The Hall–Kier alpha value is -1.75. The Morgan fingerprint density at radius 2 is 1.79 bits per heavy atom. The van der Waals surface area contributed by atoms with Gasteiger partial charge < -0.3 is 10.1 Å².